The van der Waals surface area contributed by atoms with Gasteiger partial charge in [0.15, 0.2) is 0 Å². The maximum atomic E-state index is 4.87. The summed E-state index contributed by atoms with van der Waals surface area (Å²) < 4.78 is 1.31. The van der Waals surface area contributed by atoms with Gasteiger partial charge in [0, 0.05) is 29.9 Å². The fourth-order valence-electron chi connectivity index (χ4n) is 3.83. The van der Waals surface area contributed by atoms with Crippen LogP contribution in [-0.2, 0) is 6.54 Å². The van der Waals surface area contributed by atoms with Crippen molar-refractivity contribution < 1.29 is 0 Å². The monoisotopic (exact) mass is 374 g/mol. The van der Waals surface area contributed by atoms with Crippen molar-refractivity contribution in [2.75, 3.05) is 13.1 Å². The molecule has 27 heavy (non-hydrogen) atoms. The molecular weight excluding hydrogens is 352 g/mol. The Balaban J connectivity index is 1.21. The van der Waals surface area contributed by atoms with Gasteiger partial charge in [-0.3, -0.25) is 4.90 Å². The molecule has 4 nitrogen and oxygen atoms in total. The molecule has 0 bridgehead atoms. The Morgan fingerprint density at radius 3 is 2.59 bits per heavy atom. The van der Waals surface area contributed by atoms with E-state index in [1.807, 2.05) is 35.7 Å². The SMILES string of the molecule is c1ccc(-c2ncc(CN3CCC(c4nc5ccccc5s4)CC3)[nH]2)cc1. The Kier molecular flexibility index (Phi) is 4.47. The second-order valence-electron chi connectivity index (χ2n) is 7.19. The largest absolute Gasteiger partial charge is 0.341 e. The van der Waals surface area contributed by atoms with Gasteiger partial charge in [0.1, 0.15) is 5.82 Å². The summed E-state index contributed by atoms with van der Waals surface area (Å²) in [5, 5.41) is 1.31. The first-order chi connectivity index (χ1) is 13.3. The summed E-state index contributed by atoms with van der Waals surface area (Å²) in [6.07, 6.45) is 4.33. The summed E-state index contributed by atoms with van der Waals surface area (Å²) in [6.45, 7) is 3.16. The zero-order valence-corrected chi connectivity index (χ0v) is 16.0. The minimum absolute atomic E-state index is 0.597. The average molecular weight is 375 g/mol. The predicted octanol–water partition coefficient (Wildman–Crippen LogP) is 5.07. The number of H-pyrrole nitrogens is 1. The van der Waals surface area contributed by atoms with Gasteiger partial charge in [0.2, 0.25) is 0 Å². The van der Waals surface area contributed by atoms with Crippen molar-refractivity contribution >= 4 is 21.6 Å². The van der Waals surface area contributed by atoms with Crippen LogP contribution in [0.5, 0.6) is 0 Å². The van der Waals surface area contributed by atoms with Crippen molar-refractivity contribution in [2.45, 2.75) is 25.3 Å². The van der Waals surface area contributed by atoms with Crippen LogP contribution in [0.25, 0.3) is 21.6 Å². The van der Waals surface area contributed by atoms with Crippen molar-refractivity contribution in [3.63, 3.8) is 0 Å². The molecule has 1 saturated heterocycles. The van der Waals surface area contributed by atoms with Gasteiger partial charge in [0.25, 0.3) is 0 Å². The van der Waals surface area contributed by atoms with E-state index in [1.54, 1.807) is 0 Å². The van der Waals surface area contributed by atoms with Crippen LogP contribution in [0.2, 0.25) is 0 Å². The molecule has 3 heterocycles. The number of hydrogen-bond donors (Lipinski definition) is 1. The van der Waals surface area contributed by atoms with Gasteiger partial charge in [0.05, 0.1) is 15.2 Å². The fraction of sp³-hybridized carbons (Fsp3) is 0.273. The Bertz CT molecular complexity index is 996. The Labute approximate surface area is 162 Å². The van der Waals surface area contributed by atoms with Crippen LogP contribution in [0.4, 0.5) is 0 Å². The molecule has 4 aromatic rings. The number of benzene rings is 2. The van der Waals surface area contributed by atoms with Crippen LogP contribution in [0.3, 0.4) is 0 Å². The van der Waals surface area contributed by atoms with Crippen molar-refractivity contribution in [3.05, 3.63) is 71.5 Å². The first-order valence-corrected chi connectivity index (χ1v) is 10.3. The molecule has 5 rings (SSSR count). The first-order valence-electron chi connectivity index (χ1n) is 9.52. The smallest absolute Gasteiger partial charge is 0.137 e. The Morgan fingerprint density at radius 1 is 1.00 bits per heavy atom. The highest BCUT2D eigenvalue weighted by Gasteiger charge is 2.23. The maximum Gasteiger partial charge on any atom is 0.137 e. The highest BCUT2D eigenvalue weighted by molar-refractivity contribution is 7.18. The number of imidazole rings is 1. The topological polar surface area (TPSA) is 44.8 Å². The number of nitrogens with zero attached hydrogens (tertiary/aromatic N) is 3. The molecule has 0 saturated carbocycles. The number of aromatic nitrogens is 3. The van der Waals surface area contributed by atoms with Gasteiger partial charge in [-0.15, -0.1) is 11.3 Å². The van der Waals surface area contributed by atoms with Crippen LogP contribution in [0.15, 0.2) is 60.8 Å². The molecule has 5 heteroatoms. The minimum atomic E-state index is 0.597. The van der Waals surface area contributed by atoms with Gasteiger partial charge in [-0.05, 0) is 38.1 Å². The van der Waals surface area contributed by atoms with Gasteiger partial charge < -0.3 is 4.98 Å². The molecule has 2 aromatic heterocycles. The van der Waals surface area contributed by atoms with Crippen LogP contribution in [0, 0.1) is 0 Å². The van der Waals surface area contributed by atoms with E-state index in [2.05, 4.69) is 51.3 Å². The summed E-state index contributed by atoms with van der Waals surface area (Å²) in [6, 6.07) is 18.8. The summed E-state index contributed by atoms with van der Waals surface area (Å²) in [5.74, 6) is 1.55. The van der Waals surface area contributed by atoms with E-state index >= 15 is 0 Å². The third-order valence-corrected chi connectivity index (χ3v) is 6.52. The van der Waals surface area contributed by atoms with Crippen LogP contribution in [0.1, 0.15) is 29.5 Å². The third-order valence-electron chi connectivity index (χ3n) is 5.32. The number of rotatable bonds is 4. The number of para-hydroxylation sites is 1. The van der Waals surface area contributed by atoms with E-state index in [9.17, 15) is 0 Å². The molecular formula is C22H22N4S. The quantitative estimate of drug-likeness (QED) is 0.543. The zero-order chi connectivity index (χ0) is 18.1. The normalized spacial score (nSPS) is 16.1. The minimum Gasteiger partial charge on any atom is -0.341 e. The lowest BCUT2D eigenvalue weighted by atomic mass is 9.97. The van der Waals surface area contributed by atoms with Gasteiger partial charge >= 0.3 is 0 Å². The number of thiazole rings is 1. The lowest BCUT2D eigenvalue weighted by Crippen LogP contribution is -2.32. The predicted molar refractivity (Wildman–Crippen MR) is 111 cm³/mol. The molecule has 0 aliphatic carbocycles. The number of likely N-dealkylation sites (tertiary alicyclic amines) is 1. The molecule has 1 fully saturated rings. The summed E-state index contributed by atoms with van der Waals surface area (Å²) in [7, 11) is 0. The molecule has 0 unspecified atom stereocenters. The van der Waals surface area contributed by atoms with E-state index in [0.29, 0.717) is 5.92 Å². The van der Waals surface area contributed by atoms with Crippen molar-refractivity contribution in [2.24, 2.45) is 0 Å². The highest BCUT2D eigenvalue weighted by Crippen LogP contribution is 2.34. The van der Waals surface area contributed by atoms with E-state index in [-0.39, 0.29) is 0 Å². The van der Waals surface area contributed by atoms with Crippen molar-refractivity contribution in [1.82, 2.24) is 19.9 Å². The molecule has 0 spiro atoms. The van der Waals surface area contributed by atoms with Crippen LogP contribution < -0.4 is 0 Å². The molecule has 1 aliphatic heterocycles. The van der Waals surface area contributed by atoms with Crippen molar-refractivity contribution in [1.29, 1.82) is 0 Å². The second-order valence-corrected chi connectivity index (χ2v) is 8.26. The molecule has 1 N–H and O–H groups in total. The maximum absolute atomic E-state index is 4.87. The second kappa shape index (κ2) is 7.25. The fourth-order valence-corrected chi connectivity index (χ4v) is 4.96. The standard InChI is InChI=1S/C22H22N4S/c1-2-6-16(7-3-1)21-23-14-18(24-21)15-26-12-10-17(11-13-26)22-25-19-8-4-5-9-20(19)27-22/h1-9,14,17H,10-13,15H2,(H,23,24). The van der Waals surface area contributed by atoms with E-state index in [1.165, 1.54) is 28.2 Å². The van der Waals surface area contributed by atoms with Crippen LogP contribution >= 0.6 is 11.3 Å². The van der Waals surface area contributed by atoms with Gasteiger partial charge in [-0.2, -0.15) is 0 Å². The molecule has 0 atom stereocenters. The van der Waals surface area contributed by atoms with Crippen LogP contribution in [-0.4, -0.2) is 32.9 Å². The Hall–Kier alpha value is -2.50. The summed E-state index contributed by atoms with van der Waals surface area (Å²) in [5.41, 5.74) is 3.47. The van der Waals surface area contributed by atoms with E-state index in [0.717, 1.165) is 36.5 Å². The molecule has 136 valence electrons. The number of aromatic amines is 1. The van der Waals surface area contributed by atoms with E-state index in [4.69, 9.17) is 4.98 Å². The molecule has 2 aromatic carbocycles. The summed E-state index contributed by atoms with van der Waals surface area (Å²) >= 11 is 1.86. The lowest BCUT2D eigenvalue weighted by Gasteiger charge is -2.30. The average Bonchev–Trinajstić information content (AvgIpc) is 3.36. The lowest BCUT2D eigenvalue weighted by molar-refractivity contribution is 0.203. The van der Waals surface area contributed by atoms with Gasteiger partial charge in [-0.1, -0.05) is 42.5 Å². The molecule has 1 aliphatic rings. The van der Waals surface area contributed by atoms with Gasteiger partial charge in [-0.25, -0.2) is 9.97 Å². The summed E-state index contributed by atoms with van der Waals surface area (Å²) in [4.78, 5) is 15.4. The highest BCUT2D eigenvalue weighted by atomic mass is 32.1. The zero-order valence-electron chi connectivity index (χ0n) is 15.1. The third kappa shape index (κ3) is 3.53. The number of nitrogens with one attached hydrogen (secondary N) is 1. The number of piperidine rings is 1. The van der Waals surface area contributed by atoms with Crippen molar-refractivity contribution in [3.8, 4) is 11.4 Å². The Morgan fingerprint density at radius 2 is 1.78 bits per heavy atom. The molecule has 0 radical (unpaired) electrons. The number of fused-ring (bicyclic) bond motifs is 1. The first kappa shape index (κ1) is 16.7. The molecule has 0 amide bonds. The number of hydrogen-bond acceptors (Lipinski definition) is 4. The van der Waals surface area contributed by atoms with E-state index < -0.39 is 0 Å².